The van der Waals surface area contributed by atoms with E-state index in [-0.39, 0.29) is 34.1 Å². The summed E-state index contributed by atoms with van der Waals surface area (Å²) in [5.41, 5.74) is 2.18. The Labute approximate surface area is 197 Å². The molecule has 0 amide bonds. The van der Waals surface area contributed by atoms with E-state index in [1.807, 2.05) is 6.92 Å². The van der Waals surface area contributed by atoms with E-state index in [9.17, 15) is 18.0 Å². The number of carbonyl (C=O) groups is 2. The molecule has 0 aliphatic heterocycles. The first kappa shape index (κ1) is 23.4. The molecule has 0 spiro atoms. The van der Waals surface area contributed by atoms with Gasteiger partial charge in [-0.3, -0.25) is 9.48 Å². The van der Waals surface area contributed by atoms with E-state index in [2.05, 4.69) is 10.1 Å². The molecule has 0 aliphatic rings. The van der Waals surface area contributed by atoms with Gasteiger partial charge in [-0.15, -0.1) is 0 Å². The van der Waals surface area contributed by atoms with Crippen LogP contribution in [0.2, 0.25) is 0 Å². The van der Waals surface area contributed by atoms with Gasteiger partial charge >= 0.3 is 5.97 Å². The van der Waals surface area contributed by atoms with Gasteiger partial charge in [0.2, 0.25) is 0 Å². The average Bonchev–Trinajstić information content (AvgIpc) is 3.48. The van der Waals surface area contributed by atoms with Gasteiger partial charge in [0.1, 0.15) is 11.4 Å². The highest BCUT2D eigenvalue weighted by atomic mass is 32.2. The van der Waals surface area contributed by atoms with Crippen LogP contribution in [0.5, 0.6) is 0 Å². The van der Waals surface area contributed by atoms with Crippen LogP contribution in [0.1, 0.15) is 58.4 Å². The minimum atomic E-state index is -3.87. The number of ketones is 1. The van der Waals surface area contributed by atoms with Crippen molar-refractivity contribution < 1.29 is 22.7 Å². The van der Waals surface area contributed by atoms with Crippen molar-refractivity contribution in [2.45, 2.75) is 38.1 Å². The largest absolute Gasteiger partial charge is 0.464 e. The summed E-state index contributed by atoms with van der Waals surface area (Å²) in [5, 5.41) is 4.95. The van der Waals surface area contributed by atoms with Crippen molar-refractivity contribution in [1.29, 1.82) is 0 Å². The minimum Gasteiger partial charge on any atom is -0.464 e. The van der Waals surface area contributed by atoms with Crippen molar-refractivity contribution in [1.82, 2.24) is 18.7 Å². The Morgan fingerprint density at radius 3 is 2.47 bits per heavy atom. The number of aryl methyl sites for hydroxylation is 1. The number of benzene rings is 1. The fourth-order valence-electron chi connectivity index (χ4n) is 3.81. The van der Waals surface area contributed by atoms with E-state index in [4.69, 9.17) is 4.74 Å². The monoisotopic (exact) mass is 480 g/mol. The van der Waals surface area contributed by atoms with E-state index >= 15 is 0 Å². The number of hydrogen-bond acceptors (Lipinski definition) is 7. The third kappa shape index (κ3) is 3.90. The molecule has 1 unspecified atom stereocenters. The zero-order chi connectivity index (χ0) is 24.6. The number of nitrogens with zero attached hydrogens (tertiary/aromatic N) is 4. The molecule has 4 rings (SSSR count). The maximum absolute atomic E-state index is 13.3. The van der Waals surface area contributed by atoms with Crippen molar-refractivity contribution in [2.24, 2.45) is 0 Å². The number of methoxy groups -OCH3 is 1. The van der Waals surface area contributed by atoms with Gasteiger partial charge in [-0.25, -0.2) is 22.2 Å². The summed E-state index contributed by atoms with van der Waals surface area (Å²) in [6.45, 7) is 5.40. The van der Waals surface area contributed by atoms with E-state index in [0.717, 1.165) is 9.54 Å². The van der Waals surface area contributed by atoms with Crippen LogP contribution in [0.4, 0.5) is 0 Å². The van der Waals surface area contributed by atoms with Crippen molar-refractivity contribution in [3.8, 4) is 0 Å². The Hall–Kier alpha value is -3.79. The summed E-state index contributed by atoms with van der Waals surface area (Å²) in [6, 6.07) is 10.9. The van der Waals surface area contributed by atoms with Crippen LogP contribution < -0.4 is 0 Å². The summed E-state index contributed by atoms with van der Waals surface area (Å²) in [7, 11) is -2.61. The molecule has 0 saturated carbocycles. The molecule has 10 heteroatoms. The molecule has 0 fully saturated rings. The van der Waals surface area contributed by atoms with Gasteiger partial charge in [0.15, 0.2) is 11.4 Å². The van der Waals surface area contributed by atoms with Crippen LogP contribution in [0.25, 0.3) is 11.0 Å². The van der Waals surface area contributed by atoms with Gasteiger partial charge in [-0.05, 0) is 43.7 Å². The fourth-order valence-corrected chi connectivity index (χ4v) is 5.12. The summed E-state index contributed by atoms with van der Waals surface area (Å²) < 4.78 is 34.0. The lowest BCUT2D eigenvalue weighted by Crippen LogP contribution is -2.17. The first-order valence-electron chi connectivity index (χ1n) is 10.7. The van der Waals surface area contributed by atoms with Gasteiger partial charge in [-0.2, -0.15) is 5.10 Å². The quantitative estimate of drug-likeness (QED) is 0.292. The summed E-state index contributed by atoms with van der Waals surface area (Å²) in [5.74, 6) is -0.828. The molecular weight excluding hydrogens is 456 g/mol. The molecule has 1 aromatic carbocycles. The van der Waals surface area contributed by atoms with Crippen LogP contribution in [0.3, 0.4) is 0 Å². The van der Waals surface area contributed by atoms with E-state index < -0.39 is 22.0 Å². The first-order valence-corrected chi connectivity index (χ1v) is 12.1. The highest BCUT2D eigenvalue weighted by Gasteiger charge is 2.26. The van der Waals surface area contributed by atoms with Crippen molar-refractivity contribution >= 4 is 32.8 Å². The number of aromatic nitrogens is 4. The van der Waals surface area contributed by atoms with Gasteiger partial charge in [0, 0.05) is 30.3 Å². The smallest absolute Gasteiger partial charge is 0.356 e. The molecule has 1 atom stereocenters. The predicted octanol–water partition coefficient (Wildman–Crippen LogP) is 3.77. The minimum absolute atomic E-state index is 0.128. The lowest BCUT2D eigenvalue weighted by molar-refractivity contribution is 0.0585. The van der Waals surface area contributed by atoms with Crippen molar-refractivity contribution in [2.75, 3.05) is 7.11 Å². The molecule has 4 aromatic rings. The highest BCUT2D eigenvalue weighted by Crippen LogP contribution is 2.29. The number of hydrogen-bond donors (Lipinski definition) is 0. The zero-order valence-electron chi connectivity index (χ0n) is 19.2. The highest BCUT2D eigenvalue weighted by molar-refractivity contribution is 7.90. The molecule has 0 aliphatic carbocycles. The number of ether oxygens (including phenoxy) is 1. The maximum Gasteiger partial charge on any atom is 0.356 e. The predicted molar refractivity (Wildman–Crippen MR) is 125 cm³/mol. The second kappa shape index (κ2) is 8.86. The molecule has 176 valence electrons. The zero-order valence-corrected chi connectivity index (χ0v) is 20.0. The summed E-state index contributed by atoms with van der Waals surface area (Å²) >= 11 is 0. The molecule has 3 heterocycles. The Balaban J connectivity index is 1.84. The summed E-state index contributed by atoms with van der Waals surface area (Å²) in [6.07, 6.45) is 3.21. The first-order chi connectivity index (χ1) is 16.2. The van der Waals surface area contributed by atoms with Crippen LogP contribution in [-0.4, -0.2) is 46.0 Å². The standard InChI is InChI=1S/C24H24N4O5S/c1-5-22(29)20-14-21(24(30)33-4)28(26-20)16(3)18-10-12-25-23-19(18)11-13-27(23)34(31,32)17-8-6-15(2)7-9-17/h6-14,16H,5H2,1-4H3. The lowest BCUT2D eigenvalue weighted by atomic mass is 10.1. The number of Topliss-reactive ketones (excluding diaryl/α,β-unsaturated/α-hetero) is 1. The van der Waals surface area contributed by atoms with Gasteiger partial charge in [-0.1, -0.05) is 24.6 Å². The maximum atomic E-state index is 13.3. The van der Waals surface area contributed by atoms with Crippen LogP contribution in [0, 0.1) is 6.92 Å². The van der Waals surface area contributed by atoms with Gasteiger partial charge in [0.25, 0.3) is 10.0 Å². The second-order valence-corrected chi connectivity index (χ2v) is 9.69. The van der Waals surface area contributed by atoms with Crippen molar-refractivity contribution in [3.63, 3.8) is 0 Å². The second-order valence-electron chi connectivity index (χ2n) is 7.87. The third-order valence-electron chi connectivity index (χ3n) is 5.72. The molecule has 34 heavy (non-hydrogen) atoms. The topological polar surface area (TPSA) is 113 Å². The molecule has 3 aromatic heterocycles. The Bertz CT molecular complexity index is 1500. The number of pyridine rings is 1. The van der Waals surface area contributed by atoms with E-state index in [1.54, 1.807) is 50.2 Å². The van der Waals surface area contributed by atoms with Crippen LogP contribution in [0.15, 0.2) is 59.8 Å². The lowest BCUT2D eigenvalue weighted by Gasteiger charge is -2.16. The number of rotatable bonds is 7. The molecule has 0 radical (unpaired) electrons. The fraction of sp³-hybridized carbons (Fsp3) is 0.250. The number of esters is 1. The molecule has 9 nitrogen and oxygen atoms in total. The number of carbonyl (C=O) groups excluding carboxylic acids is 2. The Morgan fingerprint density at radius 1 is 1.12 bits per heavy atom. The molecule has 0 N–H and O–H groups in total. The summed E-state index contributed by atoms with van der Waals surface area (Å²) in [4.78, 5) is 29.1. The van der Waals surface area contributed by atoms with Crippen molar-refractivity contribution in [3.05, 3.63) is 77.4 Å². The number of fused-ring (bicyclic) bond motifs is 1. The third-order valence-corrected chi connectivity index (χ3v) is 7.40. The van der Waals surface area contributed by atoms with Gasteiger partial charge in [0.05, 0.1) is 18.0 Å². The van der Waals surface area contributed by atoms with Crippen LogP contribution >= 0.6 is 0 Å². The van der Waals surface area contributed by atoms with E-state index in [1.165, 1.54) is 30.3 Å². The SMILES string of the molecule is CCC(=O)c1cc(C(=O)OC)n(C(C)c2ccnc3c2ccn3S(=O)(=O)c2ccc(C)cc2)n1. The molecule has 0 bridgehead atoms. The molecular formula is C24H24N4O5S. The Kier molecular flexibility index (Phi) is 6.09. The molecule has 0 saturated heterocycles. The normalized spacial score (nSPS) is 12.6. The van der Waals surface area contributed by atoms with Crippen LogP contribution in [-0.2, 0) is 14.8 Å². The average molecular weight is 481 g/mol. The van der Waals surface area contributed by atoms with Gasteiger partial charge < -0.3 is 4.74 Å². The Morgan fingerprint density at radius 2 is 1.82 bits per heavy atom. The van der Waals surface area contributed by atoms with E-state index in [0.29, 0.717) is 10.9 Å².